The maximum atomic E-state index is 12.7. The lowest BCUT2D eigenvalue weighted by Crippen LogP contribution is -2.31. The van der Waals surface area contributed by atoms with Gasteiger partial charge in [-0.15, -0.1) is 0 Å². The Morgan fingerprint density at radius 3 is 2.48 bits per heavy atom. The topological polar surface area (TPSA) is 46.6 Å². The normalized spacial score (nSPS) is 10.4. The van der Waals surface area contributed by atoms with E-state index in [1.165, 1.54) is 0 Å². The van der Waals surface area contributed by atoms with Crippen molar-refractivity contribution >= 4 is 23.0 Å². The third-order valence-electron chi connectivity index (χ3n) is 3.65. The van der Waals surface area contributed by atoms with E-state index in [0.29, 0.717) is 24.2 Å². The van der Waals surface area contributed by atoms with Crippen LogP contribution < -0.4 is 4.74 Å². The molecule has 110 valence electrons. The third-order valence-corrected chi connectivity index (χ3v) is 3.65. The fraction of sp³-hybridized carbons (Fsp3) is 0.294. The lowest BCUT2D eigenvalue weighted by atomic mass is 9.98. The van der Waals surface area contributed by atoms with E-state index in [1.54, 1.807) is 24.1 Å². The summed E-state index contributed by atoms with van der Waals surface area (Å²) in [5.41, 5.74) is 0.887. The maximum absolute atomic E-state index is 12.7. The van der Waals surface area contributed by atoms with E-state index in [1.807, 2.05) is 32.0 Å². The Balaban J connectivity index is 2.68. The number of carbonyl (C=O) groups excluding carboxylic acids is 2. The summed E-state index contributed by atoms with van der Waals surface area (Å²) in [5, 5.41) is 1.66. The molecular weight excluding hydrogens is 266 g/mol. The van der Waals surface area contributed by atoms with E-state index in [9.17, 15) is 9.59 Å². The van der Waals surface area contributed by atoms with Gasteiger partial charge in [0.25, 0.3) is 5.91 Å². The second-order valence-corrected chi connectivity index (χ2v) is 4.71. The summed E-state index contributed by atoms with van der Waals surface area (Å²) in [4.78, 5) is 25.7. The quantitative estimate of drug-likeness (QED) is 0.793. The lowest BCUT2D eigenvalue weighted by Gasteiger charge is -2.20. The number of nitrogens with zero attached hydrogens (tertiary/aromatic N) is 1. The highest BCUT2D eigenvalue weighted by molar-refractivity contribution is 6.12. The zero-order valence-electron chi connectivity index (χ0n) is 12.6. The van der Waals surface area contributed by atoms with Crippen molar-refractivity contribution in [1.82, 2.24) is 4.90 Å². The first kappa shape index (κ1) is 15.0. The van der Waals surface area contributed by atoms with E-state index < -0.39 is 0 Å². The van der Waals surface area contributed by atoms with Gasteiger partial charge >= 0.3 is 0 Å². The molecule has 21 heavy (non-hydrogen) atoms. The van der Waals surface area contributed by atoms with Crippen molar-refractivity contribution in [3.05, 3.63) is 41.5 Å². The SMILES string of the molecule is CCN(CC)C(=O)c1c(C=O)ccc2cc(OC)ccc12. The fourth-order valence-corrected chi connectivity index (χ4v) is 2.46. The number of hydrogen-bond acceptors (Lipinski definition) is 3. The smallest absolute Gasteiger partial charge is 0.255 e. The van der Waals surface area contributed by atoms with Crippen LogP contribution >= 0.6 is 0 Å². The number of methoxy groups -OCH3 is 1. The van der Waals surface area contributed by atoms with Crippen LogP contribution in [0.25, 0.3) is 10.8 Å². The Hall–Kier alpha value is -2.36. The van der Waals surface area contributed by atoms with Gasteiger partial charge in [0.1, 0.15) is 5.75 Å². The highest BCUT2D eigenvalue weighted by atomic mass is 16.5. The van der Waals surface area contributed by atoms with E-state index in [4.69, 9.17) is 4.74 Å². The minimum Gasteiger partial charge on any atom is -0.497 e. The van der Waals surface area contributed by atoms with Crippen molar-refractivity contribution in [3.63, 3.8) is 0 Å². The van der Waals surface area contributed by atoms with Crippen LogP contribution in [0.3, 0.4) is 0 Å². The van der Waals surface area contributed by atoms with Crippen LogP contribution in [0.15, 0.2) is 30.3 Å². The van der Waals surface area contributed by atoms with Crippen LogP contribution in [-0.4, -0.2) is 37.3 Å². The standard InChI is InChI=1S/C17H19NO3/c1-4-18(5-2)17(20)16-13(11-19)7-6-12-10-14(21-3)8-9-15(12)16/h6-11H,4-5H2,1-3H3. The second-order valence-electron chi connectivity index (χ2n) is 4.71. The van der Waals surface area contributed by atoms with E-state index in [0.717, 1.165) is 22.8 Å². The van der Waals surface area contributed by atoms with Crippen LogP contribution in [0, 0.1) is 0 Å². The highest BCUT2D eigenvalue weighted by Gasteiger charge is 2.19. The molecule has 0 aliphatic heterocycles. The van der Waals surface area contributed by atoms with E-state index in [2.05, 4.69) is 0 Å². The average molecular weight is 285 g/mol. The molecule has 0 aromatic heterocycles. The molecule has 0 heterocycles. The predicted molar refractivity (Wildman–Crippen MR) is 83.1 cm³/mol. The largest absolute Gasteiger partial charge is 0.497 e. The Bertz CT molecular complexity index is 675. The molecule has 0 spiro atoms. The third kappa shape index (κ3) is 2.75. The average Bonchev–Trinajstić information content (AvgIpc) is 2.53. The molecule has 0 radical (unpaired) electrons. The fourth-order valence-electron chi connectivity index (χ4n) is 2.46. The summed E-state index contributed by atoms with van der Waals surface area (Å²) in [6.45, 7) is 5.08. The Morgan fingerprint density at radius 1 is 1.19 bits per heavy atom. The van der Waals surface area contributed by atoms with Crippen molar-refractivity contribution < 1.29 is 14.3 Å². The Labute approximate surface area is 124 Å². The molecule has 2 aromatic rings. The van der Waals surface area contributed by atoms with Gasteiger partial charge in [0, 0.05) is 18.7 Å². The molecule has 0 bridgehead atoms. The zero-order valence-corrected chi connectivity index (χ0v) is 12.6. The van der Waals surface area contributed by atoms with Gasteiger partial charge in [-0.25, -0.2) is 0 Å². The highest BCUT2D eigenvalue weighted by Crippen LogP contribution is 2.27. The summed E-state index contributed by atoms with van der Waals surface area (Å²) >= 11 is 0. The number of aldehydes is 1. The molecule has 1 amide bonds. The van der Waals surface area contributed by atoms with Gasteiger partial charge in [-0.3, -0.25) is 9.59 Å². The molecule has 0 atom stereocenters. The first-order valence-corrected chi connectivity index (χ1v) is 7.01. The lowest BCUT2D eigenvalue weighted by molar-refractivity contribution is 0.0772. The van der Waals surface area contributed by atoms with Gasteiger partial charge in [0.05, 0.1) is 12.7 Å². The van der Waals surface area contributed by atoms with Gasteiger partial charge in [0.2, 0.25) is 0 Å². The number of amides is 1. The number of carbonyl (C=O) groups is 2. The summed E-state index contributed by atoms with van der Waals surface area (Å²) in [5.74, 6) is 0.612. The van der Waals surface area contributed by atoms with Crippen LogP contribution in [0.2, 0.25) is 0 Å². The van der Waals surface area contributed by atoms with E-state index >= 15 is 0 Å². The van der Waals surface area contributed by atoms with Gasteiger partial charge in [-0.1, -0.05) is 12.1 Å². The molecule has 0 fully saturated rings. The molecule has 0 aliphatic rings. The van der Waals surface area contributed by atoms with Gasteiger partial charge in [-0.2, -0.15) is 0 Å². The maximum Gasteiger partial charge on any atom is 0.255 e. The number of fused-ring (bicyclic) bond motifs is 1. The van der Waals surface area contributed by atoms with Gasteiger partial charge in [-0.05, 0) is 42.8 Å². The summed E-state index contributed by atoms with van der Waals surface area (Å²) in [7, 11) is 1.60. The zero-order chi connectivity index (χ0) is 15.4. The molecule has 4 heteroatoms. The van der Waals surface area contributed by atoms with Crippen LogP contribution in [0.4, 0.5) is 0 Å². The molecule has 0 saturated heterocycles. The molecular formula is C17H19NO3. The summed E-state index contributed by atoms with van der Waals surface area (Å²) < 4.78 is 5.20. The van der Waals surface area contributed by atoms with Crippen molar-refractivity contribution in [3.8, 4) is 5.75 Å². The van der Waals surface area contributed by atoms with Crippen molar-refractivity contribution in [2.75, 3.05) is 20.2 Å². The van der Waals surface area contributed by atoms with Crippen LogP contribution in [-0.2, 0) is 0 Å². The summed E-state index contributed by atoms with van der Waals surface area (Å²) in [6.07, 6.45) is 0.737. The minimum absolute atomic E-state index is 0.113. The number of ether oxygens (including phenoxy) is 1. The van der Waals surface area contributed by atoms with E-state index in [-0.39, 0.29) is 5.91 Å². The molecule has 2 rings (SSSR count). The molecule has 0 aliphatic carbocycles. The first-order valence-electron chi connectivity index (χ1n) is 7.01. The molecule has 4 nitrogen and oxygen atoms in total. The van der Waals surface area contributed by atoms with Crippen molar-refractivity contribution in [2.45, 2.75) is 13.8 Å². The van der Waals surface area contributed by atoms with Crippen molar-refractivity contribution in [1.29, 1.82) is 0 Å². The number of hydrogen-bond donors (Lipinski definition) is 0. The molecule has 0 saturated carbocycles. The minimum atomic E-state index is -0.113. The Kier molecular flexibility index (Phi) is 4.58. The number of benzene rings is 2. The summed E-state index contributed by atoms with van der Waals surface area (Å²) in [6, 6.07) is 9.02. The molecule has 2 aromatic carbocycles. The monoisotopic (exact) mass is 285 g/mol. The predicted octanol–water partition coefficient (Wildman–Crippen LogP) is 3.14. The molecule has 0 unspecified atom stereocenters. The Morgan fingerprint density at radius 2 is 1.90 bits per heavy atom. The number of rotatable bonds is 5. The van der Waals surface area contributed by atoms with Crippen molar-refractivity contribution in [2.24, 2.45) is 0 Å². The second kappa shape index (κ2) is 6.39. The van der Waals surface area contributed by atoms with Crippen LogP contribution in [0.5, 0.6) is 5.75 Å². The van der Waals surface area contributed by atoms with Gasteiger partial charge in [0.15, 0.2) is 6.29 Å². The molecule has 0 N–H and O–H groups in total. The van der Waals surface area contributed by atoms with Gasteiger partial charge < -0.3 is 9.64 Å². The first-order chi connectivity index (χ1) is 10.2. The van der Waals surface area contributed by atoms with Crippen LogP contribution in [0.1, 0.15) is 34.6 Å².